The second-order valence-electron chi connectivity index (χ2n) is 7.04. The molecule has 0 spiro atoms. The van der Waals surface area contributed by atoms with Gasteiger partial charge in [0.2, 0.25) is 6.29 Å². The first-order valence-electron chi connectivity index (χ1n) is 9.24. The highest BCUT2D eigenvalue weighted by molar-refractivity contribution is 9.10. The van der Waals surface area contributed by atoms with Crippen molar-refractivity contribution in [3.63, 3.8) is 0 Å². The zero-order valence-electron chi connectivity index (χ0n) is 15.6. The number of aliphatic hydroxyl groups excluding tert-OH is 2. The topological polar surface area (TPSA) is 94.5 Å². The van der Waals surface area contributed by atoms with Crippen LogP contribution in [-0.4, -0.2) is 53.3 Å². The van der Waals surface area contributed by atoms with Gasteiger partial charge in [0.1, 0.15) is 30.2 Å². The Labute approximate surface area is 176 Å². The van der Waals surface area contributed by atoms with Crippen LogP contribution >= 0.6 is 15.9 Å². The van der Waals surface area contributed by atoms with Crippen LogP contribution in [0.25, 0.3) is 0 Å². The zero-order valence-corrected chi connectivity index (χ0v) is 17.2. The van der Waals surface area contributed by atoms with Gasteiger partial charge in [0.25, 0.3) is 0 Å². The van der Waals surface area contributed by atoms with Crippen LogP contribution in [0.3, 0.4) is 0 Å². The van der Waals surface area contributed by atoms with E-state index in [0.29, 0.717) is 11.3 Å². The van der Waals surface area contributed by atoms with Crippen LogP contribution in [-0.2, 0) is 14.2 Å². The molecule has 29 heavy (non-hydrogen) atoms. The maximum absolute atomic E-state index is 11.4. The first-order chi connectivity index (χ1) is 13.9. The summed E-state index contributed by atoms with van der Waals surface area (Å²) in [6.07, 6.45) is -5.65. The second-order valence-corrected chi connectivity index (χ2v) is 7.96. The van der Waals surface area contributed by atoms with Gasteiger partial charge in [0.05, 0.1) is 6.61 Å². The molecule has 2 aliphatic rings. The molecule has 8 heteroatoms. The number of ether oxygens (including phenoxy) is 4. The molecule has 0 unspecified atom stereocenters. The van der Waals surface area contributed by atoms with E-state index in [1.807, 2.05) is 24.3 Å². The van der Waals surface area contributed by atoms with Crippen LogP contribution in [0.15, 0.2) is 53.0 Å². The summed E-state index contributed by atoms with van der Waals surface area (Å²) in [5, 5.41) is 21.1. The third-order valence-electron chi connectivity index (χ3n) is 4.97. The second kappa shape index (κ2) is 8.51. The highest BCUT2D eigenvalue weighted by Gasteiger charge is 2.49. The van der Waals surface area contributed by atoms with Crippen molar-refractivity contribution in [1.82, 2.24) is 0 Å². The van der Waals surface area contributed by atoms with Gasteiger partial charge in [-0.05, 0) is 43.3 Å². The van der Waals surface area contributed by atoms with Crippen molar-refractivity contribution in [1.29, 1.82) is 0 Å². The summed E-state index contributed by atoms with van der Waals surface area (Å²) >= 11 is 3.41. The van der Waals surface area contributed by atoms with Gasteiger partial charge in [-0.3, -0.25) is 4.79 Å². The summed E-state index contributed by atoms with van der Waals surface area (Å²) in [7, 11) is 0. The quantitative estimate of drug-likeness (QED) is 0.671. The minimum Gasteiger partial charge on any atom is -0.462 e. The molecule has 0 amide bonds. The van der Waals surface area contributed by atoms with E-state index >= 15 is 0 Å². The molecule has 0 aliphatic carbocycles. The summed E-state index contributed by atoms with van der Waals surface area (Å²) < 4.78 is 24.0. The Bertz CT molecular complexity index is 870. The highest BCUT2D eigenvalue weighted by Crippen LogP contribution is 2.35. The minimum absolute atomic E-state index is 0.0553. The normalized spacial score (nSPS) is 31.7. The smallest absolute Gasteiger partial charge is 0.229 e. The molecule has 2 fully saturated rings. The maximum Gasteiger partial charge on any atom is 0.229 e. The average Bonchev–Trinajstić information content (AvgIpc) is 2.72. The molecular formula is C21H21BrO7. The van der Waals surface area contributed by atoms with E-state index in [-0.39, 0.29) is 12.4 Å². The lowest BCUT2D eigenvalue weighted by molar-refractivity contribution is -0.350. The molecule has 0 radical (unpaired) electrons. The highest BCUT2D eigenvalue weighted by atomic mass is 79.9. The summed E-state index contributed by atoms with van der Waals surface area (Å²) in [6, 6.07) is 14.0. The van der Waals surface area contributed by atoms with Crippen molar-refractivity contribution in [2.75, 3.05) is 6.61 Å². The largest absolute Gasteiger partial charge is 0.462 e. The number of benzene rings is 2. The summed E-state index contributed by atoms with van der Waals surface area (Å²) in [6.45, 7) is 1.65. The fourth-order valence-corrected chi connectivity index (χ4v) is 3.82. The monoisotopic (exact) mass is 464 g/mol. The molecule has 0 saturated carbocycles. The van der Waals surface area contributed by atoms with E-state index in [0.717, 1.165) is 10.0 Å². The Hall–Kier alpha value is -1.81. The summed E-state index contributed by atoms with van der Waals surface area (Å²) in [4.78, 5) is 11.4. The Morgan fingerprint density at radius 2 is 1.86 bits per heavy atom. The van der Waals surface area contributed by atoms with Crippen LogP contribution in [0.5, 0.6) is 5.75 Å². The molecule has 2 aromatic rings. The Balaban J connectivity index is 1.44. The average molecular weight is 465 g/mol. The molecular weight excluding hydrogens is 444 g/mol. The molecule has 2 N–H and O–H groups in total. The molecule has 2 aliphatic heterocycles. The molecule has 2 aromatic carbocycles. The van der Waals surface area contributed by atoms with Crippen LogP contribution < -0.4 is 4.74 Å². The van der Waals surface area contributed by atoms with Crippen molar-refractivity contribution in [3.05, 3.63) is 64.1 Å². The molecule has 7 nitrogen and oxygen atoms in total. The third kappa shape index (κ3) is 4.37. The number of rotatable bonds is 4. The van der Waals surface area contributed by atoms with Crippen molar-refractivity contribution in [2.24, 2.45) is 0 Å². The lowest BCUT2D eigenvalue weighted by atomic mass is 9.98. The first kappa shape index (κ1) is 20.5. The van der Waals surface area contributed by atoms with Gasteiger partial charge in [-0.25, -0.2) is 0 Å². The molecule has 6 atom stereocenters. The number of ketones is 1. The van der Waals surface area contributed by atoms with E-state index in [2.05, 4.69) is 15.9 Å². The van der Waals surface area contributed by atoms with Crippen molar-refractivity contribution in [3.8, 4) is 5.75 Å². The first-order valence-corrected chi connectivity index (χ1v) is 10.0. The van der Waals surface area contributed by atoms with Crippen molar-refractivity contribution in [2.45, 2.75) is 43.9 Å². The fourth-order valence-electron chi connectivity index (χ4n) is 3.40. The van der Waals surface area contributed by atoms with Gasteiger partial charge >= 0.3 is 0 Å². The van der Waals surface area contributed by atoms with Crippen molar-refractivity contribution < 1.29 is 34.0 Å². The zero-order chi connectivity index (χ0) is 20.5. The number of fused-ring (bicyclic) bond motifs is 1. The number of aliphatic hydroxyl groups is 2. The van der Waals surface area contributed by atoms with E-state index in [9.17, 15) is 15.0 Å². The standard InChI is InChI=1S/C21H21BrO7/c1-11(23)12-5-7-15(8-6-12)27-21-18(25)17(24)19-16(28-21)10-26-20(29-19)13-3-2-4-14(22)9-13/h2-9,16-21,24-25H,10H2,1H3/t16-,17-,18+,19-,20-,21+/m0/s1. The van der Waals surface area contributed by atoms with E-state index in [1.165, 1.54) is 6.92 Å². The number of halogens is 1. The molecule has 154 valence electrons. The number of hydrogen-bond donors (Lipinski definition) is 2. The van der Waals surface area contributed by atoms with Gasteiger partial charge in [0.15, 0.2) is 12.1 Å². The molecule has 4 rings (SSSR count). The maximum atomic E-state index is 11.4. The minimum atomic E-state index is -1.31. The van der Waals surface area contributed by atoms with E-state index < -0.39 is 37.0 Å². The van der Waals surface area contributed by atoms with Crippen LogP contribution in [0.1, 0.15) is 29.1 Å². The van der Waals surface area contributed by atoms with Crippen LogP contribution in [0, 0.1) is 0 Å². The molecule has 0 aromatic heterocycles. The van der Waals surface area contributed by atoms with Gasteiger partial charge in [-0.2, -0.15) is 0 Å². The van der Waals surface area contributed by atoms with Crippen molar-refractivity contribution >= 4 is 21.7 Å². The summed E-state index contributed by atoms with van der Waals surface area (Å²) in [5.74, 6) is 0.356. The number of carbonyl (C=O) groups excluding carboxylic acids is 1. The Kier molecular flexibility index (Phi) is 6.00. The Morgan fingerprint density at radius 3 is 2.55 bits per heavy atom. The van der Waals surface area contributed by atoms with Crippen LogP contribution in [0.4, 0.5) is 0 Å². The Morgan fingerprint density at radius 1 is 1.10 bits per heavy atom. The van der Waals surface area contributed by atoms with E-state index in [4.69, 9.17) is 18.9 Å². The number of hydrogen-bond acceptors (Lipinski definition) is 7. The molecule has 0 bridgehead atoms. The van der Waals surface area contributed by atoms with Gasteiger partial charge < -0.3 is 29.2 Å². The lowest BCUT2D eigenvalue weighted by Crippen LogP contribution is -2.62. The molecule has 2 heterocycles. The number of carbonyl (C=O) groups is 1. The predicted octanol–water partition coefficient (Wildman–Crippen LogP) is 2.59. The lowest BCUT2D eigenvalue weighted by Gasteiger charge is -2.46. The number of Topliss-reactive ketones (excluding diaryl/α,β-unsaturated/α-hetero) is 1. The van der Waals surface area contributed by atoms with Crippen LogP contribution in [0.2, 0.25) is 0 Å². The van der Waals surface area contributed by atoms with E-state index in [1.54, 1.807) is 24.3 Å². The fraction of sp³-hybridized carbons (Fsp3) is 0.381. The van der Waals surface area contributed by atoms with Gasteiger partial charge in [0, 0.05) is 15.6 Å². The molecule has 2 saturated heterocycles. The predicted molar refractivity (Wildman–Crippen MR) is 105 cm³/mol. The van der Waals surface area contributed by atoms with Gasteiger partial charge in [-0.15, -0.1) is 0 Å². The SMILES string of the molecule is CC(=O)c1ccc(O[C@@H]2O[C@H]3CO[C@H](c4cccc(Br)c4)O[C@@H]3[C@@H](O)[C@H]2O)cc1. The third-order valence-corrected chi connectivity index (χ3v) is 5.46. The summed E-state index contributed by atoms with van der Waals surface area (Å²) in [5.41, 5.74) is 1.35. The van der Waals surface area contributed by atoms with Gasteiger partial charge in [-0.1, -0.05) is 28.1 Å².